The Balaban J connectivity index is 1.54. The molecule has 0 spiro atoms. The van der Waals surface area contributed by atoms with E-state index in [1.54, 1.807) is 13.8 Å². The first kappa shape index (κ1) is 20.2. The highest BCUT2D eigenvalue weighted by Crippen LogP contribution is 2.38. The molecule has 1 aromatic heterocycles. The van der Waals surface area contributed by atoms with Crippen LogP contribution in [0.2, 0.25) is 5.02 Å². The first-order chi connectivity index (χ1) is 13.9. The number of carbonyl (C=O) groups is 2. The number of halogens is 1. The zero-order valence-electron chi connectivity index (χ0n) is 16.5. The lowest BCUT2D eigenvalue weighted by Gasteiger charge is -2.18. The van der Waals surface area contributed by atoms with Gasteiger partial charge in [0.2, 0.25) is 0 Å². The Morgan fingerprint density at radius 1 is 1.21 bits per heavy atom. The molecular weight excluding hydrogens is 410 g/mol. The second-order valence-electron chi connectivity index (χ2n) is 7.95. The van der Waals surface area contributed by atoms with Gasteiger partial charge in [0.15, 0.2) is 11.0 Å². The lowest BCUT2D eigenvalue weighted by molar-refractivity contribution is -0.130. The number of hydrogen-bond acceptors (Lipinski definition) is 5. The molecule has 7 nitrogen and oxygen atoms in total. The molecule has 1 N–H and O–H groups in total. The van der Waals surface area contributed by atoms with Crippen LogP contribution in [0.25, 0.3) is 11.4 Å². The van der Waals surface area contributed by atoms with E-state index in [0.29, 0.717) is 23.4 Å². The largest absolute Gasteiger partial charge is 0.325 e. The Morgan fingerprint density at radius 2 is 1.93 bits per heavy atom. The van der Waals surface area contributed by atoms with Gasteiger partial charge in [-0.05, 0) is 38.8 Å². The zero-order valence-corrected chi connectivity index (χ0v) is 18.1. The number of amides is 3. The summed E-state index contributed by atoms with van der Waals surface area (Å²) in [6, 6.07) is 7.67. The van der Waals surface area contributed by atoms with Crippen LogP contribution < -0.4 is 5.32 Å². The average Bonchev–Trinajstić information content (AvgIpc) is 3.37. The highest BCUT2D eigenvalue weighted by molar-refractivity contribution is 7.99. The van der Waals surface area contributed by atoms with Gasteiger partial charge in [0.1, 0.15) is 5.54 Å². The summed E-state index contributed by atoms with van der Waals surface area (Å²) in [6.45, 7) is 3.76. The van der Waals surface area contributed by atoms with Crippen LogP contribution in [0.5, 0.6) is 0 Å². The zero-order chi connectivity index (χ0) is 20.6. The molecule has 0 bridgehead atoms. The van der Waals surface area contributed by atoms with E-state index in [2.05, 4.69) is 20.1 Å². The van der Waals surface area contributed by atoms with Crippen molar-refractivity contribution in [1.29, 1.82) is 0 Å². The van der Waals surface area contributed by atoms with Crippen LogP contribution in [0, 0.1) is 0 Å². The van der Waals surface area contributed by atoms with Gasteiger partial charge in [0, 0.05) is 23.9 Å². The van der Waals surface area contributed by atoms with E-state index in [1.807, 2.05) is 24.3 Å². The molecule has 1 aromatic carbocycles. The van der Waals surface area contributed by atoms with Gasteiger partial charge in [0.25, 0.3) is 5.91 Å². The molecule has 3 amide bonds. The topological polar surface area (TPSA) is 80.1 Å². The maximum atomic E-state index is 12.4. The quantitative estimate of drug-likeness (QED) is 0.547. The number of urea groups is 1. The Kier molecular flexibility index (Phi) is 5.57. The van der Waals surface area contributed by atoms with Crippen molar-refractivity contribution in [2.24, 2.45) is 0 Å². The smallest absolute Gasteiger partial charge is 0.324 e. The summed E-state index contributed by atoms with van der Waals surface area (Å²) in [5.41, 5.74) is 0.0271. The molecule has 2 heterocycles. The fourth-order valence-electron chi connectivity index (χ4n) is 3.94. The standard InChI is InChI=1S/C20H24ClN5O2S/c1-20(2)17(27)25(18(28)22-20)11-12-29-19-24-23-16(14-9-5-6-10-15(14)21)26(19)13-7-3-4-8-13/h5-6,9-10,13H,3-4,7-8,11-12H2,1-2H3,(H,22,28). The summed E-state index contributed by atoms with van der Waals surface area (Å²) >= 11 is 7.94. The summed E-state index contributed by atoms with van der Waals surface area (Å²) in [4.78, 5) is 25.7. The van der Waals surface area contributed by atoms with Crippen LogP contribution in [0.1, 0.15) is 45.6 Å². The Hall–Kier alpha value is -2.06. The minimum atomic E-state index is -0.844. The highest BCUT2D eigenvalue weighted by atomic mass is 35.5. The molecule has 9 heteroatoms. The van der Waals surface area contributed by atoms with Crippen molar-refractivity contribution >= 4 is 35.3 Å². The van der Waals surface area contributed by atoms with Crippen LogP contribution in [0.3, 0.4) is 0 Å². The molecule has 1 aliphatic heterocycles. The number of carbonyl (C=O) groups excluding carboxylic acids is 2. The van der Waals surface area contributed by atoms with Gasteiger partial charge in [-0.3, -0.25) is 14.3 Å². The molecule has 1 aliphatic carbocycles. The number of imide groups is 1. The number of nitrogens with zero attached hydrogens (tertiary/aromatic N) is 4. The van der Waals surface area contributed by atoms with E-state index in [0.717, 1.165) is 29.4 Å². The van der Waals surface area contributed by atoms with Crippen molar-refractivity contribution in [1.82, 2.24) is 25.0 Å². The van der Waals surface area contributed by atoms with Crippen molar-refractivity contribution in [3.63, 3.8) is 0 Å². The Labute approximate surface area is 179 Å². The predicted octanol–water partition coefficient (Wildman–Crippen LogP) is 4.14. The molecule has 2 aliphatic rings. The fraction of sp³-hybridized carbons (Fsp3) is 0.500. The van der Waals surface area contributed by atoms with Crippen LogP contribution in [0.15, 0.2) is 29.4 Å². The third-order valence-electron chi connectivity index (χ3n) is 5.46. The molecule has 2 aromatic rings. The first-order valence-electron chi connectivity index (χ1n) is 9.85. The van der Waals surface area contributed by atoms with Crippen LogP contribution >= 0.6 is 23.4 Å². The first-order valence-corrected chi connectivity index (χ1v) is 11.2. The normalized spacial score (nSPS) is 19.2. The minimum absolute atomic E-state index is 0.197. The summed E-state index contributed by atoms with van der Waals surface area (Å²) in [6.07, 6.45) is 4.55. The van der Waals surface area contributed by atoms with Crippen molar-refractivity contribution in [3.05, 3.63) is 29.3 Å². The van der Waals surface area contributed by atoms with Gasteiger partial charge in [-0.1, -0.05) is 48.3 Å². The minimum Gasteiger partial charge on any atom is -0.324 e. The predicted molar refractivity (Wildman–Crippen MR) is 113 cm³/mol. The summed E-state index contributed by atoms with van der Waals surface area (Å²) in [5, 5.41) is 13.0. The third kappa shape index (κ3) is 3.88. The van der Waals surface area contributed by atoms with Gasteiger partial charge in [-0.2, -0.15) is 0 Å². The van der Waals surface area contributed by atoms with Gasteiger partial charge in [-0.25, -0.2) is 4.79 Å². The maximum absolute atomic E-state index is 12.4. The van der Waals surface area contributed by atoms with E-state index in [1.165, 1.54) is 29.5 Å². The molecule has 0 unspecified atom stereocenters. The van der Waals surface area contributed by atoms with E-state index < -0.39 is 5.54 Å². The van der Waals surface area contributed by atoms with Crippen molar-refractivity contribution in [2.45, 2.75) is 56.3 Å². The van der Waals surface area contributed by atoms with Crippen LogP contribution in [0.4, 0.5) is 4.79 Å². The number of benzene rings is 1. The second-order valence-corrected chi connectivity index (χ2v) is 9.42. The van der Waals surface area contributed by atoms with E-state index in [9.17, 15) is 9.59 Å². The van der Waals surface area contributed by atoms with Gasteiger partial charge in [0.05, 0.1) is 5.02 Å². The maximum Gasteiger partial charge on any atom is 0.325 e. The van der Waals surface area contributed by atoms with E-state index in [-0.39, 0.29) is 11.9 Å². The fourth-order valence-corrected chi connectivity index (χ4v) is 5.09. The molecule has 1 saturated carbocycles. The molecule has 154 valence electrons. The lowest BCUT2D eigenvalue weighted by atomic mass is 10.1. The lowest BCUT2D eigenvalue weighted by Crippen LogP contribution is -2.40. The molecule has 0 radical (unpaired) electrons. The number of thioether (sulfide) groups is 1. The molecule has 0 atom stereocenters. The molecule has 2 fully saturated rings. The monoisotopic (exact) mass is 433 g/mol. The van der Waals surface area contributed by atoms with Crippen molar-refractivity contribution < 1.29 is 9.59 Å². The van der Waals surface area contributed by atoms with E-state index in [4.69, 9.17) is 11.6 Å². The van der Waals surface area contributed by atoms with Gasteiger partial charge in [-0.15, -0.1) is 10.2 Å². The van der Waals surface area contributed by atoms with Crippen molar-refractivity contribution in [2.75, 3.05) is 12.3 Å². The molecule has 1 saturated heterocycles. The third-order valence-corrected chi connectivity index (χ3v) is 6.71. The van der Waals surface area contributed by atoms with Gasteiger partial charge >= 0.3 is 6.03 Å². The SMILES string of the molecule is CC1(C)NC(=O)N(CCSc2nnc(-c3ccccc3Cl)n2C2CCCC2)C1=O. The highest BCUT2D eigenvalue weighted by Gasteiger charge is 2.43. The van der Waals surface area contributed by atoms with Crippen LogP contribution in [-0.4, -0.2) is 49.4 Å². The number of aromatic nitrogens is 3. The number of nitrogens with one attached hydrogen (secondary N) is 1. The summed E-state index contributed by atoms with van der Waals surface area (Å²) in [7, 11) is 0. The van der Waals surface area contributed by atoms with Crippen LogP contribution in [-0.2, 0) is 4.79 Å². The number of hydrogen-bond donors (Lipinski definition) is 1. The Morgan fingerprint density at radius 3 is 2.59 bits per heavy atom. The number of rotatable bonds is 6. The second kappa shape index (κ2) is 7.99. The summed E-state index contributed by atoms with van der Waals surface area (Å²) in [5.74, 6) is 1.14. The Bertz CT molecular complexity index is 939. The molecule has 29 heavy (non-hydrogen) atoms. The van der Waals surface area contributed by atoms with E-state index >= 15 is 0 Å². The van der Waals surface area contributed by atoms with Gasteiger partial charge < -0.3 is 5.32 Å². The summed E-state index contributed by atoms with van der Waals surface area (Å²) < 4.78 is 2.19. The van der Waals surface area contributed by atoms with Crippen molar-refractivity contribution in [3.8, 4) is 11.4 Å². The average molecular weight is 434 g/mol. The molecule has 4 rings (SSSR count). The molecular formula is C20H24ClN5O2S.